The van der Waals surface area contributed by atoms with Gasteiger partial charge >= 0.3 is 0 Å². The predicted octanol–water partition coefficient (Wildman–Crippen LogP) is 4.88. The molecule has 0 spiro atoms. The molecular weight excluding hydrogens is 294 g/mol. The van der Waals surface area contributed by atoms with Gasteiger partial charge in [0.15, 0.2) is 5.78 Å². The summed E-state index contributed by atoms with van der Waals surface area (Å²) >= 11 is 0. The average molecular weight is 311 g/mol. The number of fused-ring (bicyclic) bond motifs is 1. The van der Waals surface area contributed by atoms with Gasteiger partial charge in [-0.3, -0.25) is 4.79 Å². The third-order valence-corrected chi connectivity index (χ3v) is 4.42. The standard InChI is InChI=1S/C22H17NO/c1-23-17-12-13-18-19(14-17)22(24)21(16-10-6-3-7-11-16)20(18)15-8-4-2-5-9-15/h2-14,23H,1H3. The molecule has 0 bridgehead atoms. The first kappa shape index (κ1) is 14.5. The molecule has 0 fully saturated rings. The van der Waals surface area contributed by atoms with E-state index in [1.807, 2.05) is 73.8 Å². The van der Waals surface area contributed by atoms with Gasteiger partial charge in [-0.15, -0.1) is 0 Å². The molecule has 24 heavy (non-hydrogen) atoms. The smallest absolute Gasteiger partial charge is 0.194 e. The Morgan fingerprint density at radius 3 is 1.83 bits per heavy atom. The summed E-state index contributed by atoms with van der Waals surface area (Å²) < 4.78 is 0. The second-order valence-corrected chi connectivity index (χ2v) is 5.82. The van der Waals surface area contributed by atoms with E-state index in [2.05, 4.69) is 17.4 Å². The topological polar surface area (TPSA) is 29.1 Å². The summed E-state index contributed by atoms with van der Waals surface area (Å²) in [5.74, 6) is 0.0900. The number of benzene rings is 3. The summed E-state index contributed by atoms with van der Waals surface area (Å²) in [5.41, 5.74) is 6.55. The number of carbonyl (C=O) groups is 1. The van der Waals surface area contributed by atoms with Crippen LogP contribution in [0, 0.1) is 0 Å². The SMILES string of the molecule is CNc1ccc2c(c1)C(=O)C(c1ccccc1)=C2c1ccccc1. The molecule has 0 heterocycles. The fourth-order valence-corrected chi connectivity index (χ4v) is 3.27. The Bertz CT molecular complexity index is 940. The first-order valence-electron chi connectivity index (χ1n) is 8.01. The molecule has 1 aliphatic rings. The van der Waals surface area contributed by atoms with E-state index < -0.39 is 0 Å². The van der Waals surface area contributed by atoms with Crippen molar-refractivity contribution in [2.24, 2.45) is 0 Å². The first-order chi connectivity index (χ1) is 11.8. The maximum atomic E-state index is 13.2. The van der Waals surface area contributed by atoms with Crippen molar-refractivity contribution in [1.82, 2.24) is 0 Å². The Kier molecular flexibility index (Phi) is 3.51. The number of ketones is 1. The van der Waals surface area contributed by atoms with E-state index in [0.29, 0.717) is 0 Å². The van der Waals surface area contributed by atoms with Crippen LogP contribution < -0.4 is 5.32 Å². The normalized spacial score (nSPS) is 13.1. The number of anilines is 1. The molecule has 2 heteroatoms. The van der Waals surface area contributed by atoms with Crippen molar-refractivity contribution in [3.8, 4) is 0 Å². The van der Waals surface area contributed by atoms with E-state index in [0.717, 1.165) is 39.1 Å². The Balaban J connectivity index is 2.01. The van der Waals surface area contributed by atoms with Crippen LogP contribution in [-0.4, -0.2) is 12.8 Å². The lowest BCUT2D eigenvalue weighted by Crippen LogP contribution is -1.99. The monoisotopic (exact) mass is 311 g/mol. The lowest BCUT2D eigenvalue weighted by molar-refractivity contribution is 0.105. The van der Waals surface area contributed by atoms with Crippen LogP contribution in [0.25, 0.3) is 11.1 Å². The van der Waals surface area contributed by atoms with Gasteiger partial charge in [-0.1, -0.05) is 66.7 Å². The lowest BCUT2D eigenvalue weighted by Gasteiger charge is -2.09. The summed E-state index contributed by atoms with van der Waals surface area (Å²) in [7, 11) is 1.87. The van der Waals surface area contributed by atoms with Gasteiger partial charge in [-0.05, 0) is 28.8 Å². The Morgan fingerprint density at radius 2 is 1.25 bits per heavy atom. The molecule has 0 saturated heterocycles. The molecule has 4 rings (SSSR count). The Hall–Kier alpha value is -3.13. The highest BCUT2D eigenvalue weighted by molar-refractivity contribution is 6.41. The van der Waals surface area contributed by atoms with Crippen LogP contribution in [0.3, 0.4) is 0 Å². The second-order valence-electron chi connectivity index (χ2n) is 5.82. The lowest BCUT2D eigenvalue weighted by atomic mass is 9.94. The zero-order valence-corrected chi connectivity index (χ0v) is 13.4. The van der Waals surface area contributed by atoms with Crippen molar-refractivity contribution < 1.29 is 4.79 Å². The van der Waals surface area contributed by atoms with Gasteiger partial charge in [0.25, 0.3) is 0 Å². The fraction of sp³-hybridized carbons (Fsp3) is 0.0455. The minimum Gasteiger partial charge on any atom is -0.388 e. The molecule has 116 valence electrons. The molecule has 1 aliphatic carbocycles. The fourth-order valence-electron chi connectivity index (χ4n) is 3.27. The maximum absolute atomic E-state index is 13.2. The van der Waals surface area contributed by atoms with Crippen LogP contribution in [0.5, 0.6) is 0 Å². The molecular formula is C22H17NO. The number of Topliss-reactive ketones (excluding diaryl/α,β-unsaturated/α-hetero) is 1. The first-order valence-corrected chi connectivity index (χ1v) is 8.01. The summed E-state index contributed by atoms with van der Waals surface area (Å²) in [6.07, 6.45) is 0. The molecule has 0 amide bonds. The molecule has 0 unspecified atom stereocenters. The summed E-state index contributed by atoms with van der Waals surface area (Å²) in [6, 6.07) is 26.1. The molecule has 3 aromatic carbocycles. The summed E-state index contributed by atoms with van der Waals surface area (Å²) in [5, 5.41) is 3.12. The minimum atomic E-state index is 0.0900. The highest BCUT2D eigenvalue weighted by Crippen LogP contribution is 2.42. The molecule has 3 aromatic rings. The third kappa shape index (κ3) is 2.24. The van der Waals surface area contributed by atoms with E-state index in [1.165, 1.54) is 0 Å². The second kappa shape index (κ2) is 5.82. The Morgan fingerprint density at radius 1 is 0.667 bits per heavy atom. The maximum Gasteiger partial charge on any atom is 0.194 e. The highest BCUT2D eigenvalue weighted by atomic mass is 16.1. The summed E-state index contributed by atoms with van der Waals surface area (Å²) in [6.45, 7) is 0. The van der Waals surface area contributed by atoms with Crippen LogP contribution in [0.1, 0.15) is 27.0 Å². The van der Waals surface area contributed by atoms with Gasteiger partial charge < -0.3 is 5.32 Å². The van der Waals surface area contributed by atoms with Crippen molar-refractivity contribution in [3.63, 3.8) is 0 Å². The molecule has 0 aliphatic heterocycles. The van der Waals surface area contributed by atoms with E-state index >= 15 is 0 Å². The van der Waals surface area contributed by atoms with Gasteiger partial charge in [0.05, 0.1) is 0 Å². The van der Waals surface area contributed by atoms with E-state index in [1.54, 1.807) is 0 Å². The predicted molar refractivity (Wildman–Crippen MR) is 99.1 cm³/mol. The molecule has 0 saturated carbocycles. The minimum absolute atomic E-state index is 0.0900. The van der Waals surface area contributed by atoms with Gasteiger partial charge in [-0.25, -0.2) is 0 Å². The number of allylic oxidation sites excluding steroid dienone is 1. The summed E-state index contributed by atoms with van der Waals surface area (Å²) in [4.78, 5) is 13.2. The number of carbonyl (C=O) groups excluding carboxylic acids is 1. The Labute approximate surface area is 141 Å². The van der Waals surface area contributed by atoms with Crippen molar-refractivity contribution in [2.45, 2.75) is 0 Å². The van der Waals surface area contributed by atoms with Gasteiger partial charge in [0.1, 0.15) is 0 Å². The van der Waals surface area contributed by atoms with Gasteiger partial charge in [0, 0.05) is 29.4 Å². The number of nitrogens with one attached hydrogen (secondary N) is 1. The third-order valence-electron chi connectivity index (χ3n) is 4.42. The largest absolute Gasteiger partial charge is 0.388 e. The molecule has 0 aromatic heterocycles. The quantitative estimate of drug-likeness (QED) is 0.746. The average Bonchev–Trinajstić information content (AvgIpc) is 2.95. The van der Waals surface area contributed by atoms with Crippen LogP contribution in [0.2, 0.25) is 0 Å². The van der Waals surface area contributed by atoms with E-state index in [4.69, 9.17) is 0 Å². The van der Waals surface area contributed by atoms with Crippen LogP contribution in [0.15, 0.2) is 78.9 Å². The zero-order valence-electron chi connectivity index (χ0n) is 13.4. The van der Waals surface area contributed by atoms with Crippen molar-refractivity contribution in [2.75, 3.05) is 12.4 Å². The van der Waals surface area contributed by atoms with Crippen LogP contribution in [-0.2, 0) is 0 Å². The van der Waals surface area contributed by atoms with E-state index in [-0.39, 0.29) is 5.78 Å². The molecule has 2 nitrogen and oxygen atoms in total. The van der Waals surface area contributed by atoms with Crippen LogP contribution >= 0.6 is 0 Å². The van der Waals surface area contributed by atoms with Gasteiger partial charge in [-0.2, -0.15) is 0 Å². The molecule has 1 N–H and O–H groups in total. The molecule has 0 atom stereocenters. The highest BCUT2D eigenvalue weighted by Gasteiger charge is 2.31. The van der Waals surface area contributed by atoms with Crippen LogP contribution in [0.4, 0.5) is 5.69 Å². The van der Waals surface area contributed by atoms with Crippen molar-refractivity contribution in [3.05, 3.63) is 101 Å². The molecule has 0 radical (unpaired) electrons. The zero-order chi connectivity index (χ0) is 16.5. The van der Waals surface area contributed by atoms with E-state index in [9.17, 15) is 4.79 Å². The number of rotatable bonds is 3. The van der Waals surface area contributed by atoms with Gasteiger partial charge in [0.2, 0.25) is 0 Å². The van der Waals surface area contributed by atoms with Crippen molar-refractivity contribution >= 4 is 22.6 Å². The number of hydrogen-bond donors (Lipinski definition) is 1. The number of hydrogen-bond acceptors (Lipinski definition) is 2. The van der Waals surface area contributed by atoms with Crippen molar-refractivity contribution in [1.29, 1.82) is 0 Å².